The van der Waals surface area contributed by atoms with Gasteiger partial charge in [0.1, 0.15) is 11.0 Å². The van der Waals surface area contributed by atoms with Crippen molar-refractivity contribution in [1.29, 1.82) is 0 Å². The Morgan fingerprint density at radius 1 is 1.16 bits per heavy atom. The standard InChI is InChI=1S/C15H12ClN3/c1-2-15-18-13(8-14(16)19-15)11-5-3-4-10-6-7-17-9-12(10)11/h3-9H,2H2,1H3. The number of halogens is 1. The molecule has 94 valence electrons. The third kappa shape index (κ3) is 2.29. The molecule has 0 saturated heterocycles. The van der Waals surface area contributed by atoms with Crippen molar-refractivity contribution in [1.82, 2.24) is 15.0 Å². The number of benzene rings is 1. The van der Waals surface area contributed by atoms with Crippen molar-refractivity contribution in [2.75, 3.05) is 0 Å². The van der Waals surface area contributed by atoms with E-state index in [-0.39, 0.29) is 0 Å². The molecule has 0 unspecified atom stereocenters. The molecular weight excluding hydrogens is 258 g/mol. The van der Waals surface area contributed by atoms with Crippen molar-refractivity contribution < 1.29 is 0 Å². The van der Waals surface area contributed by atoms with Gasteiger partial charge < -0.3 is 0 Å². The molecule has 3 rings (SSSR count). The van der Waals surface area contributed by atoms with Gasteiger partial charge in [0, 0.05) is 35.8 Å². The fourth-order valence-corrected chi connectivity index (χ4v) is 2.30. The van der Waals surface area contributed by atoms with E-state index in [1.807, 2.05) is 31.3 Å². The van der Waals surface area contributed by atoms with E-state index >= 15 is 0 Å². The smallest absolute Gasteiger partial charge is 0.133 e. The summed E-state index contributed by atoms with van der Waals surface area (Å²) in [5.74, 6) is 0.753. The minimum absolute atomic E-state index is 0.475. The van der Waals surface area contributed by atoms with Gasteiger partial charge in [0.2, 0.25) is 0 Å². The number of nitrogens with zero attached hydrogens (tertiary/aromatic N) is 3. The molecule has 19 heavy (non-hydrogen) atoms. The molecule has 3 nitrogen and oxygen atoms in total. The second-order valence-electron chi connectivity index (χ2n) is 4.25. The van der Waals surface area contributed by atoms with Crippen LogP contribution in [0.2, 0.25) is 5.15 Å². The number of rotatable bonds is 2. The third-order valence-electron chi connectivity index (χ3n) is 3.02. The van der Waals surface area contributed by atoms with Crippen LogP contribution in [0.4, 0.5) is 0 Å². The maximum absolute atomic E-state index is 6.06. The molecule has 0 fully saturated rings. The average Bonchev–Trinajstić information content (AvgIpc) is 2.46. The number of aryl methyl sites for hydroxylation is 1. The molecule has 2 aromatic heterocycles. The predicted octanol–water partition coefficient (Wildman–Crippen LogP) is 3.91. The molecule has 0 radical (unpaired) electrons. The van der Waals surface area contributed by atoms with Gasteiger partial charge in [-0.3, -0.25) is 4.98 Å². The van der Waals surface area contributed by atoms with E-state index in [4.69, 9.17) is 11.6 Å². The van der Waals surface area contributed by atoms with Crippen molar-refractivity contribution in [3.05, 3.63) is 53.7 Å². The monoisotopic (exact) mass is 269 g/mol. The van der Waals surface area contributed by atoms with Crippen LogP contribution in [-0.2, 0) is 6.42 Å². The summed E-state index contributed by atoms with van der Waals surface area (Å²) < 4.78 is 0. The summed E-state index contributed by atoms with van der Waals surface area (Å²) >= 11 is 6.06. The van der Waals surface area contributed by atoms with E-state index < -0.39 is 0 Å². The highest BCUT2D eigenvalue weighted by atomic mass is 35.5. The Bertz CT molecular complexity index is 735. The van der Waals surface area contributed by atoms with Crippen LogP contribution in [0.1, 0.15) is 12.7 Å². The lowest BCUT2D eigenvalue weighted by atomic mass is 10.0. The van der Waals surface area contributed by atoms with Crippen LogP contribution in [0.3, 0.4) is 0 Å². The van der Waals surface area contributed by atoms with Gasteiger partial charge >= 0.3 is 0 Å². The van der Waals surface area contributed by atoms with Gasteiger partial charge in [-0.1, -0.05) is 36.7 Å². The first-order valence-electron chi connectivity index (χ1n) is 6.14. The van der Waals surface area contributed by atoms with Crippen LogP contribution >= 0.6 is 11.6 Å². The summed E-state index contributed by atoms with van der Waals surface area (Å²) in [4.78, 5) is 12.9. The average molecular weight is 270 g/mol. The summed E-state index contributed by atoms with van der Waals surface area (Å²) in [6, 6.07) is 9.89. The molecule has 0 aliphatic carbocycles. The molecule has 1 aromatic carbocycles. The lowest BCUT2D eigenvalue weighted by Crippen LogP contribution is -1.96. The van der Waals surface area contributed by atoms with E-state index in [9.17, 15) is 0 Å². The van der Waals surface area contributed by atoms with Crippen LogP contribution in [0, 0.1) is 0 Å². The molecule has 0 spiro atoms. The lowest BCUT2D eigenvalue weighted by molar-refractivity contribution is 0.944. The zero-order valence-corrected chi connectivity index (χ0v) is 11.2. The summed E-state index contributed by atoms with van der Waals surface area (Å²) in [7, 11) is 0. The van der Waals surface area contributed by atoms with Gasteiger partial charge in [-0.2, -0.15) is 0 Å². The highest BCUT2D eigenvalue weighted by Gasteiger charge is 2.08. The van der Waals surface area contributed by atoms with Gasteiger partial charge in [0.05, 0.1) is 5.69 Å². The highest BCUT2D eigenvalue weighted by molar-refractivity contribution is 6.29. The van der Waals surface area contributed by atoms with Crippen LogP contribution in [0.5, 0.6) is 0 Å². The van der Waals surface area contributed by atoms with Crippen molar-refractivity contribution >= 4 is 22.4 Å². The lowest BCUT2D eigenvalue weighted by Gasteiger charge is -2.07. The largest absolute Gasteiger partial charge is 0.264 e. The Balaban J connectivity index is 2.27. The quantitative estimate of drug-likeness (QED) is 0.662. The minimum atomic E-state index is 0.475. The second-order valence-corrected chi connectivity index (χ2v) is 4.64. The van der Waals surface area contributed by atoms with Gasteiger partial charge in [-0.05, 0) is 11.5 Å². The Morgan fingerprint density at radius 2 is 2.05 bits per heavy atom. The first-order valence-corrected chi connectivity index (χ1v) is 6.52. The van der Waals surface area contributed by atoms with Crippen LogP contribution in [0.25, 0.3) is 22.0 Å². The zero-order valence-electron chi connectivity index (χ0n) is 10.5. The molecule has 0 bridgehead atoms. The number of hydrogen-bond donors (Lipinski definition) is 0. The summed E-state index contributed by atoms with van der Waals surface area (Å²) in [6.07, 6.45) is 4.40. The van der Waals surface area contributed by atoms with Gasteiger partial charge in [-0.15, -0.1) is 0 Å². The minimum Gasteiger partial charge on any atom is -0.264 e. The van der Waals surface area contributed by atoms with E-state index in [1.165, 1.54) is 0 Å². The fourth-order valence-electron chi connectivity index (χ4n) is 2.10. The maximum Gasteiger partial charge on any atom is 0.133 e. The van der Waals surface area contributed by atoms with E-state index in [2.05, 4.69) is 21.0 Å². The highest BCUT2D eigenvalue weighted by Crippen LogP contribution is 2.27. The SMILES string of the molecule is CCc1nc(Cl)cc(-c2cccc3ccncc23)n1. The van der Waals surface area contributed by atoms with Crippen molar-refractivity contribution in [3.63, 3.8) is 0 Å². The molecule has 0 saturated carbocycles. The first kappa shape index (κ1) is 12.1. The molecule has 3 aromatic rings. The third-order valence-corrected chi connectivity index (χ3v) is 3.21. The van der Waals surface area contributed by atoms with Crippen LogP contribution in [0.15, 0.2) is 42.7 Å². The zero-order chi connectivity index (χ0) is 13.2. The van der Waals surface area contributed by atoms with E-state index in [0.717, 1.165) is 34.3 Å². The molecule has 0 N–H and O–H groups in total. The van der Waals surface area contributed by atoms with Gasteiger partial charge in [0.15, 0.2) is 0 Å². The molecule has 2 heterocycles. The van der Waals surface area contributed by atoms with Crippen molar-refractivity contribution in [3.8, 4) is 11.3 Å². The Hall–Kier alpha value is -2.00. The van der Waals surface area contributed by atoms with Crippen molar-refractivity contribution in [2.45, 2.75) is 13.3 Å². The maximum atomic E-state index is 6.06. The summed E-state index contributed by atoms with van der Waals surface area (Å²) in [5, 5.41) is 2.69. The molecular formula is C15H12ClN3. The van der Waals surface area contributed by atoms with E-state index in [0.29, 0.717) is 5.15 Å². The second kappa shape index (κ2) is 4.94. The number of pyridine rings is 1. The summed E-state index contributed by atoms with van der Waals surface area (Å²) in [6.45, 7) is 2.01. The van der Waals surface area contributed by atoms with Gasteiger partial charge in [-0.25, -0.2) is 9.97 Å². The topological polar surface area (TPSA) is 38.7 Å². The molecule has 0 atom stereocenters. The van der Waals surface area contributed by atoms with Crippen LogP contribution in [-0.4, -0.2) is 15.0 Å². The van der Waals surface area contributed by atoms with Gasteiger partial charge in [0.25, 0.3) is 0 Å². The normalized spacial score (nSPS) is 10.8. The Labute approximate surface area is 116 Å². The Kier molecular flexibility index (Phi) is 3.13. The Morgan fingerprint density at radius 3 is 2.89 bits per heavy atom. The number of hydrogen-bond acceptors (Lipinski definition) is 3. The van der Waals surface area contributed by atoms with Crippen LogP contribution < -0.4 is 0 Å². The number of fused-ring (bicyclic) bond motifs is 1. The number of aromatic nitrogens is 3. The summed E-state index contributed by atoms with van der Waals surface area (Å²) in [5.41, 5.74) is 1.88. The molecule has 0 aliphatic rings. The fraction of sp³-hybridized carbons (Fsp3) is 0.133. The molecule has 0 aliphatic heterocycles. The van der Waals surface area contributed by atoms with Crippen molar-refractivity contribution in [2.24, 2.45) is 0 Å². The molecule has 0 amide bonds. The molecule has 4 heteroatoms. The first-order chi connectivity index (χ1) is 9.28. The van der Waals surface area contributed by atoms with E-state index in [1.54, 1.807) is 12.3 Å². The predicted molar refractivity (Wildman–Crippen MR) is 77.2 cm³/mol.